The lowest BCUT2D eigenvalue weighted by atomic mass is 10.1. The van der Waals surface area contributed by atoms with Crippen molar-refractivity contribution in [1.29, 1.82) is 5.26 Å². The second-order valence-electron chi connectivity index (χ2n) is 6.80. The highest BCUT2D eigenvalue weighted by Crippen LogP contribution is 2.24. The Labute approximate surface area is 174 Å². The van der Waals surface area contributed by atoms with E-state index in [0.29, 0.717) is 16.9 Å². The van der Waals surface area contributed by atoms with Crippen LogP contribution in [0, 0.1) is 25.2 Å². The van der Waals surface area contributed by atoms with Crippen LogP contribution in [0.1, 0.15) is 22.5 Å². The van der Waals surface area contributed by atoms with E-state index in [2.05, 4.69) is 21.1 Å². The Hall–Kier alpha value is -3.77. The zero-order valence-corrected chi connectivity index (χ0v) is 17.2. The number of sulfonamides is 1. The molecule has 0 saturated heterocycles. The average Bonchev–Trinajstić information content (AvgIpc) is 3.17. The number of hydrogen-bond acceptors (Lipinski definition) is 6. The van der Waals surface area contributed by atoms with Gasteiger partial charge in [0.25, 0.3) is 21.7 Å². The largest absolute Gasteiger partial charge is 0.267 e. The van der Waals surface area contributed by atoms with E-state index >= 15 is 0 Å². The maximum absolute atomic E-state index is 13.5. The number of rotatable bonds is 5. The predicted molar refractivity (Wildman–Crippen MR) is 111 cm³/mol. The van der Waals surface area contributed by atoms with E-state index in [1.807, 2.05) is 19.9 Å². The standard InChI is InChI=1S/C21H18N6O2S/c1-15-12-16(2)27-20(23-15)24-21(25-27)26(14-18-10-8-17(13-22)9-11-18)30(28,29)19-6-4-3-5-7-19/h3-12H,14H2,1-2H3. The summed E-state index contributed by atoms with van der Waals surface area (Å²) in [6, 6.07) is 18.8. The second-order valence-corrected chi connectivity index (χ2v) is 8.66. The Morgan fingerprint density at radius 3 is 2.40 bits per heavy atom. The fourth-order valence-corrected chi connectivity index (χ4v) is 4.46. The molecule has 4 aromatic rings. The van der Waals surface area contributed by atoms with Crippen molar-refractivity contribution in [3.63, 3.8) is 0 Å². The highest BCUT2D eigenvalue weighted by Gasteiger charge is 2.29. The maximum atomic E-state index is 13.5. The SMILES string of the molecule is Cc1cc(C)n2nc(N(Cc3ccc(C#N)cc3)S(=O)(=O)c3ccccc3)nc2n1. The summed E-state index contributed by atoms with van der Waals surface area (Å²) in [5.74, 6) is 0.361. The highest BCUT2D eigenvalue weighted by atomic mass is 32.2. The highest BCUT2D eigenvalue weighted by molar-refractivity contribution is 7.92. The third kappa shape index (κ3) is 3.60. The molecule has 0 N–H and O–H groups in total. The summed E-state index contributed by atoms with van der Waals surface area (Å²) in [6.45, 7) is 3.71. The number of nitrogens with zero attached hydrogens (tertiary/aromatic N) is 6. The summed E-state index contributed by atoms with van der Waals surface area (Å²) in [4.78, 5) is 8.88. The van der Waals surface area contributed by atoms with Crippen molar-refractivity contribution in [2.45, 2.75) is 25.3 Å². The summed E-state index contributed by atoms with van der Waals surface area (Å²) in [5.41, 5.74) is 2.76. The minimum atomic E-state index is -3.94. The molecule has 0 aliphatic carbocycles. The van der Waals surface area contributed by atoms with Gasteiger partial charge in [-0.05, 0) is 49.7 Å². The fourth-order valence-electron chi connectivity index (χ4n) is 3.09. The van der Waals surface area contributed by atoms with E-state index < -0.39 is 10.0 Å². The molecule has 4 rings (SSSR count). The molecule has 0 aliphatic rings. The Morgan fingerprint density at radius 2 is 1.73 bits per heavy atom. The lowest BCUT2D eigenvalue weighted by Gasteiger charge is -2.21. The van der Waals surface area contributed by atoms with Crippen molar-refractivity contribution in [1.82, 2.24) is 19.6 Å². The van der Waals surface area contributed by atoms with Gasteiger partial charge in [0.15, 0.2) is 0 Å². The Kier molecular flexibility index (Phi) is 4.93. The third-order valence-corrected chi connectivity index (χ3v) is 6.31. The number of aromatic nitrogens is 4. The molecule has 0 saturated carbocycles. The fraction of sp³-hybridized carbons (Fsp3) is 0.143. The smallest absolute Gasteiger partial charge is 0.228 e. The van der Waals surface area contributed by atoms with Crippen LogP contribution in [0.25, 0.3) is 5.78 Å². The monoisotopic (exact) mass is 418 g/mol. The minimum Gasteiger partial charge on any atom is -0.228 e. The van der Waals surface area contributed by atoms with E-state index in [0.717, 1.165) is 15.7 Å². The van der Waals surface area contributed by atoms with Gasteiger partial charge in [-0.25, -0.2) is 17.7 Å². The molecular weight excluding hydrogens is 400 g/mol. The molecule has 0 atom stereocenters. The summed E-state index contributed by atoms with van der Waals surface area (Å²) in [6.07, 6.45) is 0. The topological polar surface area (TPSA) is 104 Å². The molecule has 30 heavy (non-hydrogen) atoms. The zero-order chi connectivity index (χ0) is 21.3. The zero-order valence-electron chi connectivity index (χ0n) is 16.4. The number of benzene rings is 2. The van der Waals surface area contributed by atoms with Gasteiger partial charge in [0.2, 0.25) is 0 Å². The number of fused-ring (bicyclic) bond motifs is 1. The first kappa shape index (κ1) is 19.5. The van der Waals surface area contributed by atoms with E-state index in [9.17, 15) is 8.42 Å². The van der Waals surface area contributed by atoms with Crippen molar-refractivity contribution in [2.24, 2.45) is 0 Å². The molecule has 0 aliphatic heterocycles. The summed E-state index contributed by atoms with van der Waals surface area (Å²) in [7, 11) is -3.94. The molecule has 0 bridgehead atoms. The van der Waals surface area contributed by atoms with Crippen LogP contribution < -0.4 is 4.31 Å². The van der Waals surface area contributed by atoms with E-state index in [1.54, 1.807) is 42.5 Å². The number of nitriles is 1. The first-order valence-corrected chi connectivity index (χ1v) is 10.6. The van der Waals surface area contributed by atoms with Crippen LogP contribution in [0.4, 0.5) is 5.95 Å². The van der Waals surface area contributed by atoms with Crippen LogP contribution in [-0.2, 0) is 16.6 Å². The molecule has 9 heteroatoms. The first-order chi connectivity index (χ1) is 14.4. The molecule has 2 heterocycles. The van der Waals surface area contributed by atoms with Crippen LogP contribution in [-0.4, -0.2) is 28.0 Å². The van der Waals surface area contributed by atoms with Gasteiger partial charge in [0.1, 0.15) is 0 Å². The maximum Gasteiger partial charge on any atom is 0.267 e. The van der Waals surface area contributed by atoms with Gasteiger partial charge in [-0.1, -0.05) is 30.3 Å². The normalized spacial score (nSPS) is 11.4. The van der Waals surface area contributed by atoms with Gasteiger partial charge in [0, 0.05) is 11.4 Å². The molecule has 8 nitrogen and oxygen atoms in total. The van der Waals surface area contributed by atoms with Crippen LogP contribution in [0.3, 0.4) is 0 Å². The molecule has 150 valence electrons. The van der Waals surface area contributed by atoms with Crippen molar-refractivity contribution in [3.8, 4) is 6.07 Å². The summed E-state index contributed by atoms with van der Waals surface area (Å²) >= 11 is 0. The van der Waals surface area contributed by atoms with Crippen molar-refractivity contribution in [3.05, 3.63) is 83.2 Å². The van der Waals surface area contributed by atoms with E-state index in [4.69, 9.17) is 5.26 Å². The predicted octanol–water partition coefficient (Wildman–Crippen LogP) is 3.01. The van der Waals surface area contributed by atoms with Crippen molar-refractivity contribution in [2.75, 3.05) is 4.31 Å². The lowest BCUT2D eigenvalue weighted by Crippen LogP contribution is -2.31. The van der Waals surface area contributed by atoms with E-state index in [-0.39, 0.29) is 17.4 Å². The Balaban J connectivity index is 1.85. The molecule has 2 aromatic heterocycles. The molecule has 0 unspecified atom stereocenters. The van der Waals surface area contributed by atoms with Gasteiger partial charge in [-0.15, -0.1) is 5.10 Å². The Bertz CT molecular complexity index is 1360. The van der Waals surface area contributed by atoms with Crippen LogP contribution in [0.2, 0.25) is 0 Å². The summed E-state index contributed by atoms with van der Waals surface area (Å²) < 4.78 is 29.6. The van der Waals surface area contributed by atoms with Gasteiger partial charge < -0.3 is 0 Å². The molecule has 0 radical (unpaired) electrons. The molecule has 2 aromatic carbocycles. The quantitative estimate of drug-likeness (QED) is 0.493. The number of aryl methyl sites for hydroxylation is 2. The van der Waals surface area contributed by atoms with Gasteiger partial charge in [-0.2, -0.15) is 14.8 Å². The van der Waals surface area contributed by atoms with Crippen molar-refractivity contribution >= 4 is 21.7 Å². The van der Waals surface area contributed by atoms with E-state index in [1.165, 1.54) is 16.6 Å². The molecular formula is C21H18N6O2S. The van der Waals surface area contributed by atoms with Crippen LogP contribution in [0.15, 0.2) is 65.6 Å². The summed E-state index contributed by atoms with van der Waals surface area (Å²) in [5, 5.41) is 13.4. The molecule has 0 spiro atoms. The van der Waals surface area contributed by atoms with Crippen LogP contribution >= 0.6 is 0 Å². The van der Waals surface area contributed by atoms with Gasteiger partial charge >= 0.3 is 0 Å². The molecule has 0 amide bonds. The molecule has 0 fully saturated rings. The Morgan fingerprint density at radius 1 is 1.03 bits per heavy atom. The number of hydrogen-bond donors (Lipinski definition) is 0. The first-order valence-electron chi connectivity index (χ1n) is 9.16. The second kappa shape index (κ2) is 7.57. The van der Waals surface area contributed by atoms with Crippen LogP contribution in [0.5, 0.6) is 0 Å². The lowest BCUT2D eigenvalue weighted by molar-refractivity contribution is 0.589. The number of anilines is 1. The van der Waals surface area contributed by atoms with Crippen molar-refractivity contribution < 1.29 is 8.42 Å². The minimum absolute atomic E-state index is 0.0118. The third-order valence-electron chi connectivity index (χ3n) is 4.57. The van der Waals surface area contributed by atoms with Gasteiger partial charge in [-0.3, -0.25) is 0 Å². The van der Waals surface area contributed by atoms with Gasteiger partial charge in [0.05, 0.1) is 23.1 Å². The average molecular weight is 418 g/mol.